The van der Waals surface area contributed by atoms with E-state index in [1.54, 1.807) is 14.2 Å². The Balaban J connectivity index is 1.75. The monoisotopic (exact) mass is 320 g/mol. The quantitative estimate of drug-likeness (QED) is 0.810. The van der Waals surface area contributed by atoms with Gasteiger partial charge >= 0.3 is 0 Å². The van der Waals surface area contributed by atoms with Crippen LogP contribution in [-0.2, 0) is 29.0 Å². The molecule has 1 aromatic carbocycles. The van der Waals surface area contributed by atoms with Crippen LogP contribution in [-0.4, -0.2) is 31.7 Å². The molecular formula is C16H20N2O3S. The number of nitrogens with zero attached hydrogens (tertiary/aromatic N) is 1. The number of ether oxygens (including phenoxy) is 2. The lowest BCUT2D eigenvalue weighted by molar-refractivity contribution is -0.120. The highest BCUT2D eigenvalue weighted by Gasteiger charge is 2.07. The van der Waals surface area contributed by atoms with Crippen molar-refractivity contribution in [1.29, 1.82) is 0 Å². The largest absolute Gasteiger partial charge is 0.497 e. The standard InChI is InChI=1S/C16H20N2O3S/c1-20-10-16-18-13(11-22-16)9-15(19)17-7-6-12-4-3-5-14(8-12)21-2/h3-5,8,11H,6-7,9-10H2,1-2H3,(H,17,19). The Morgan fingerprint density at radius 1 is 1.36 bits per heavy atom. The number of hydrogen-bond acceptors (Lipinski definition) is 5. The van der Waals surface area contributed by atoms with Crippen LogP contribution < -0.4 is 10.1 Å². The maximum Gasteiger partial charge on any atom is 0.226 e. The minimum atomic E-state index is -0.0165. The molecule has 118 valence electrons. The molecule has 0 saturated carbocycles. The summed E-state index contributed by atoms with van der Waals surface area (Å²) < 4.78 is 10.2. The summed E-state index contributed by atoms with van der Waals surface area (Å²) in [5.41, 5.74) is 1.92. The molecule has 0 aliphatic carbocycles. The zero-order valence-corrected chi connectivity index (χ0v) is 13.6. The van der Waals surface area contributed by atoms with E-state index in [-0.39, 0.29) is 5.91 Å². The summed E-state index contributed by atoms with van der Waals surface area (Å²) >= 11 is 1.51. The van der Waals surface area contributed by atoms with Crippen molar-refractivity contribution in [2.45, 2.75) is 19.4 Å². The second-order valence-corrected chi connectivity index (χ2v) is 5.74. The van der Waals surface area contributed by atoms with Crippen molar-refractivity contribution in [3.8, 4) is 5.75 Å². The van der Waals surface area contributed by atoms with Crippen molar-refractivity contribution in [3.63, 3.8) is 0 Å². The zero-order valence-electron chi connectivity index (χ0n) is 12.8. The minimum Gasteiger partial charge on any atom is -0.497 e. The number of amides is 1. The first kappa shape index (κ1) is 16.5. The van der Waals surface area contributed by atoms with Gasteiger partial charge in [-0.15, -0.1) is 11.3 Å². The fourth-order valence-electron chi connectivity index (χ4n) is 2.02. The number of aromatic nitrogens is 1. The van der Waals surface area contributed by atoms with Gasteiger partial charge in [0.15, 0.2) is 0 Å². The second-order valence-electron chi connectivity index (χ2n) is 4.79. The molecule has 22 heavy (non-hydrogen) atoms. The van der Waals surface area contributed by atoms with Crippen LogP contribution >= 0.6 is 11.3 Å². The van der Waals surface area contributed by atoms with E-state index in [1.165, 1.54) is 11.3 Å². The van der Waals surface area contributed by atoms with Gasteiger partial charge in [0.25, 0.3) is 0 Å². The molecule has 0 bridgehead atoms. The van der Waals surface area contributed by atoms with Crippen molar-refractivity contribution >= 4 is 17.2 Å². The zero-order chi connectivity index (χ0) is 15.8. The molecule has 1 heterocycles. The van der Waals surface area contributed by atoms with Crippen LogP contribution in [0.5, 0.6) is 5.75 Å². The number of methoxy groups -OCH3 is 2. The molecule has 0 aliphatic heterocycles. The van der Waals surface area contributed by atoms with Gasteiger partial charge < -0.3 is 14.8 Å². The lowest BCUT2D eigenvalue weighted by Gasteiger charge is -2.06. The van der Waals surface area contributed by atoms with Crippen molar-refractivity contribution in [1.82, 2.24) is 10.3 Å². The first-order valence-corrected chi connectivity index (χ1v) is 7.91. The average molecular weight is 320 g/mol. The summed E-state index contributed by atoms with van der Waals surface area (Å²) in [5.74, 6) is 0.814. The first-order valence-electron chi connectivity index (χ1n) is 7.03. The van der Waals surface area contributed by atoms with Crippen molar-refractivity contribution in [2.75, 3.05) is 20.8 Å². The van der Waals surface area contributed by atoms with Crippen molar-refractivity contribution < 1.29 is 14.3 Å². The van der Waals surface area contributed by atoms with Crippen LogP contribution in [0.1, 0.15) is 16.3 Å². The summed E-state index contributed by atoms with van der Waals surface area (Å²) in [5, 5.41) is 5.70. The predicted octanol–water partition coefficient (Wildman–Crippen LogP) is 2.20. The number of thiazole rings is 1. The topological polar surface area (TPSA) is 60.5 Å². The predicted molar refractivity (Wildman–Crippen MR) is 86.2 cm³/mol. The lowest BCUT2D eigenvalue weighted by atomic mass is 10.1. The molecule has 1 aromatic heterocycles. The minimum absolute atomic E-state index is 0.0165. The Kier molecular flexibility index (Phi) is 6.36. The van der Waals surface area contributed by atoms with Gasteiger partial charge in [0, 0.05) is 19.0 Å². The Bertz CT molecular complexity index is 613. The Morgan fingerprint density at radius 2 is 2.23 bits per heavy atom. The summed E-state index contributed by atoms with van der Waals surface area (Å²) in [7, 11) is 3.28. The number of nitrogens with one attached hydrogen (secondary N) is 1. The molecule has 6 heteroatoms. The van der Waals surface area contributed by atoms with Crippen LogP contribution in [0.3, 0.4) is 0 Å². The Hall–Kier alpha value is -1.92. The van der Waals surface area contributed by atoms with E-state index in [0.29, 0.717) is 19.6 Å². The maximum atomic E-state index is 11.9. The molecular weight excluding hydrogens is 300 g/mol. The number of carbonyl (C=O) groups is 1. The summed E-state index contributed by atoms with van der Waals surface area (Å²) in [6.45, 7) is 1.09. The molecule has 0 spiro atoms. The molecule has 2 rings (SSSR count). The van der Waals surface area contributed by atoms with Gasteiger partial charge in [-0.2, -0.15) is 0 Å². The molecule has 0 saturated heterocycles. The number of carbonyl (C=O) groups excluding carboxylic acids is 1. The first-order chi connectivity index (χ1) is 10.7. The van der Waals surface area contributed by atoms with Gasteiger partial charge in [0.2, 0.25) is 5.91 Å². The van der Waals surface area contributed by atoms with Gasteiger partial charge in [-0.05, 0) is 24.1 Å². The lowest BCUT2D eigenvalue weighted by Crippen LogP contribution is -2.27. The van der Waals surface area contributed by atoms with Crippen molar-refractivity contribution in [2.24, 2.45) is 0 Å². The van der Waals surface area contributed by atoms with E-state index in [9.17, 15) is 4.79 Å². The fraction of sp³-hybridized carbons (Fsp3) is 0.375. The summed E-state index contributed by atoms with van der Waals surface area (Å²) in [4.78, 5) is 16.2. The highest BCUT2D eigenvalue weighted by molar-refractivity contribution is 7.09. The average Bonchev–Trinajstić information content (AvgIpc) is 2.95. The van der Waals surface area contributed by atoms with Gasteiger partial charge in [-0.1, -0.05) is 12.1 Å². The molecule has 2 aromatic rings. The highest BCUT2D eigenvalue weighted by atomic mass is 32.1. The van der Waals surface area contributed by atoms with E-state index in [1.807, 2.05) is 29.6 Å². The third kappa shape index (κ3) is 5.13. The molecule has 0 fully saturated rings. The third-order valence-corrected chi connectivity index (χ3v) is 3.95. The van der Waals surface area contributed by atoms with Gasteiger partial charge in [0.05, 0.1) is 25.8 Å². The third-order valence-electron chi connectivity index (χ3n) is 3.08. The van der Waals surface area contributed by atoms with Crippen LogP contribution in [0.4, 0.5) is 0 Å². The second kappa shape index (κ2) is 8.51. The molecule has 1 amide bonds. The summed E-state index contributed by atoms with van der Waals surface area (Å²) in [6.07, 6.45) is 1.08. The number of rotatable bonds is 8. The SMILES string of the molecule is COCc1nc(CC(=O)NCCc2cccc(OC)c2)cs1. The Morgan fingerprint density at radius 3 is 3.00 bits per heavy atom. The molecule has 1 N–H and O–H groups in total. The van der Waals surface area contributed by atoms with Crippen LogP contribution in [0.15, 0.2) is 29.6 Å². The van der Waals surface area contributed by atoms with E-state index in [2.05, 4.69) is 10.3 Å². The number of hydrogen-bond donors (Lipinski definition) is 1. The Labute approximate surface area is 134 Å². The maximum absolute atomic E-state index is 11.9. The molecule has 0 unspecified atom stereocenters. The van der Waals surface area contributed by atoms with E-state index in [0.717, 1.165) is 28.4 Å². The normalized spacial score (nSPS) is 10.5. The van der Waals surface area contributed by atoms with E-state index >= 15 is 0 Å². The highest BCUT2D eigenvalue weighted by Crippen LogP contribution is 2.13. The van der Waals surface area contributed by atoms with Crippen LogP contribution in [0, 0.1) is 0 Å². The van der Waals surface area contributed by atoms with Crippen molar-refractivity contribution in [3.05, 3.63) is 45.9 Å². The molecule has 0 aliphatic rings. The van der Waals surface area contributed by atoms with Crippen LogP contribution in [0.2, 0.25) is 0 Å². The fourth-order valence-corrected chi connectivity index (χ4v) is 2.79. The van der Waals surface area contributed by atoms with Gasteiger partial charge in [-0.3, -0.25) is 4.79 Å². The molecule has 0 radical (unpaired) electrons. The van der Waals surface area contributed by atoms with Gasteiger partial charge in [0.1, 0.15) is 10.8 Å². The molecule has 0 atom stereocenters. The van der Waals surface area contributed by atoms with Crippen LogP contribution in [0.25, 0.3) is 0 Å². The van der Waals surface area contributed by atoms with Gasteiger partial charge in [-0.25, -0.2) is 4.98 Å². The number of benzene rings is 1. The smallest absolute Gasteiger partial charge is 0.226 e. The van der Waals surface area contributed by atoms with E-state index < -0.39 is 0 Å². The molecule has 5 nitrogen and oxygen atoms in total. The summed E-state index contributed by atoms with van der Waals surface area (Å²) in [6, 6.07) is 7.85. The van der Waals surface area contributed by atoms with E-state index in [4.69, 9.17) is 9.47 Å².